The van der Waals surface area contributed by atoms with Gasteiger partial charge in [0.05, 0.1) is 18.1 Å². The molecule has 532 valence electrons. The molecule has 8 fully saturated rings. The van der Waals surface area contributed by atoms with E-state index in [-0.39, 0.29) is 71.9 Å². The van der Waals surface area contributed by atoms with Crippen LogP contribution in [0.4, 0.5) is 4.79 Å². The first-order valence-electron chi connectivity index (χ1n) is 34.3. The number of hydrogen-bond acceptors (Lipinski definition) is 16. The van der Waals surface area contributed by atoms with E-state index in [4.69, 9.17) is 26.7 Å². The Bertz CT molecular complexity index is 3290. The molecule has 0 spiro atoms. The Morgan fingerprint density at radius 2 is 0.979 bits per heavy atom. The largest absolute Gasteiger partial charge is 0.459 e. The molecular weight excluding hydrogens is 1260 g/mol. The van der Waals surface area contributed by atoms with Crippen LogP contribution in [0.3, 0.4) is 0 Å². The number of fused-ring (bicyclic) bond motifs is 2. The van der Waals surface area contributed by atoms with E-state index in [1.54, 1.807) is 4.90 Å². The van der Waals surface area contributed by atoms with Gasteiger partial charge >= 0.3 is 18.0 Å². The van der Waals surface area contributed by atoms with Crippen molar-refractivity contribution in [3.63, 3.8) is 0 Å². The smallest absolute Gasteiger partial charge is 0.335 e. The van der Waals surface area contributed by atoms with Crippen molar-refractivity contribution in [2.24, 2.45) is 79.4 Å². The number of isocyanates is 1. The third-order valence-corrected chi connectivity index (χ3v) is 21.6. The fourth-order valence-electron chi connectivity index (χ4n) is 14.9. The van der Waals surface area contributed by atoms with Crippen molar-refractivity contribution in [1.29, 1.82) is 0 Å². The summed E-state index contributed by atoms with van der Waals surface area (Å²) in [6.07, 6.45) is 13.3. The van der Waals surface area contributed by atoms with Gasteiger partial charge < -0.3 is 57.7 Å². The molecule has 25 heteroatoms. The number of nitrogens with one attached hydrogen (secondary N) is 4. The number of ketones is 2. The molecule has 6 aliphatic carbocycles. The number of piperidine rings is 2. The van der Waals surface area contributed by atoms with Gasteiger partial charge in [-0.05, 0) is 107 Å². The fourth-order valence-corrected chi connectivity index (χ4v) is 14.9. The molecule has 10 rings (SSSR count). The van der Waals surface area contributed by atoms with Crippen molar-refractivity contribution < 1.29 is 67.0 Å². The standard InChI is InChI=1S/C36H51N5O7.C21H34N4O4.C15H17NO3.ClH/c1-34(2,3)28(39-33(47)40-36(16-10-7-11-17-36)32(46)48-20-22-12-8-6-9-13-22)31(45)41-19-23-25(35(23,4)5)26(41)30(44)38-24(18-21-14-15-21)27(42)29(37)43;1-20(2,3)16(22)19(29)25-9-11-13(21(11,4)5)14(25)18(28)24-12(8-10-6-7-10)15(26)17(23)27;17-12-16-15(9-5-2-6-10-15)14(18)19-11-13-7-3-1-4-8-13;/h6,8-9,12-13,21,23-26,28H,7,10-11,14-20H2,1-5H3,(H2,37,43)(H,38,44)(H2,39,40,47);10-14,16H,6-9,22H2,1-5H3,(H2,23,27)(H,24,28);1,3-4,7-8H,2,5-6,9-11H2;1H/t23-,24?,25-,26-,28+;11-,12?,13-,14-,16+;;/m00../s1. The molecular formula is C72H103ClN10O14. The topological polar surface area (TPSA) is 368 Å². The Kier molecular flexibility index (Phi) is 24.6. The highest BCUT2D eigenvalue weighted by atomic mass is 35.5. The second kappa shape index (κ2) is 31.1. The third kappa shape index (κ3) is 18.4. The molecule has 0 radical (unpaired) electrons. The molecule has 10 atom stereocenters. The number of esters is 2. The van der Waals surface area contributed by atoms with Crippen LogP contribution in [0.15, 0.2) is 65.7 Å². The zero-order valence-corrected chi connectivity index (χ0v) is 58.9. The number of ether oxygens (including phenoxy) is 2. The van der Waals surface area contributed by atoms with E-state index >= 15 is 0 Å². The number of halogens is 1. The number of benzene rings is 2. The molecule has 0 bridgehead atoms. The molecule has 2 saturated heterocycles. The van der Waals surface area contributed by atoms with Gasteiger partial charge in [-0.2, -0.15) is 4.99 Å². The van der Waals surface area contributed by atoms with E-state index in [1.807, 2.05) is 116 Å². The van der Waals surface area contributed by atoms with Crippen LogP contribution in [0.5, 0.6) is 0 Å². The first-order valence-corrected chi connectivity index (χ1v) is 34.3. The van der Waals surface area contributed by atoms with E-state index in [9.17, 15) is 57.5 Å². The van der Waals surface area contributed by atoms with Crippen molar-refractivity contribution >= 4 is 83.5 Å². The Hall–Kier alpha value is -7.56. The van der Waals surface area contributed by atoms with Gasteiger partial charge in [0.25, 0.3) is 11.8 Å². The SMILES string of the molecule is CC(C)(C)[C@H](N)C(=O)N1C[C@H]2[C@@H]([C@H]1C(=O)NC(CC1CC1)C(=O)C(N)=O)C2(C)C.CC(C)(C)[C@H](NC(=O)NC1(C(=O)OCc2ccccc2)CCCCC1)C(=O)N1C[C@H]2[C@@H]([C@H]1C(=O)NC(CC1CC1)C(=O)C(N)=O)C2(C)C.Cl.O=C=NC1(C(=O)OCc2ccccc2)CCCCC1. The number of primary amides is 2. The fraction of sp³-hybridized carbons (Fsp3) is 0.667. The molecule has 2 aromatic carbocycles. The van der Waals surface area contributed by atoms with Gasteiger partial charge in [0.1, 0.15) is 36.9 Å². The number of hydrogen-bond donors (Lipinski definition) is 7. The minimum Gasteiger partial charge on any atom is -0.459 e. The highest BCUT2D eigenvalue weighted by Gasteiger charge is 2.71. The summed E-state index contributed by atoms with van der Waals surface area (Å²) in [5.74, 6) is -5.54. The van der Waals surface area contributed by atoms with Gasteiger partial charge in [0, 0.05) is 13.1 Å². The number of nitrogens with two attached hydrogens (primary N) is 3. The van der Waals surface area contributed by atoms with Crippen LogP contribution in [0.25, 0.3) is 0 Å². The average Bonchev–Trinajstić information content (AvgIpc) is 1.53. The number of carbonyl (C=O) groups is 11. The lowest BCUT2D eigenvalue weighted by Crippen LogP contribution is -2.64. The van der Waals surface area contributed by atoms with Crippen molar-refractivity contribution in [3.8, 4) is 0 Å². The van der Waals surface area contributed by atoms with E-state index in [0.29, 0.717) is 57.5 Å². The minimum absolute atomic E-state index is 0. The predicted octanol–water partition coefficient (Wildman–Crippen LogP) is 6.34. The van der Waals surface area contributed by atoms with Crippen molar-refractivity contribution in [3.05, 3.63) is 71.8 Å². The van der Waals surface area contributed by atoms with E-state index in [0.717, 1.165) is 75.3 Å². The van der Waals surface area contributed by atoms with Crippen molar-refractivity contribution in [2.75, 3.05) is 13.1 Å². The Labute approximate surface area is 575 Å². The lowest BCUT2D eigenvalue weighted by Gasteiger charge is -2.39. The van der Waals surface area contributed by atoms with Crippen LogP contribution in [-0.2, 0) is 75.4 Å². The number of likely N-dealkylation sites (tertiary alicyclic amines) is 2. The number of urea groups is 1. The highest BCUT2D eigenvalue weighted by Crippen LogP contribution is 2.66. The molecule has 10 N–H and O–H groups in total. The summed E-state index contributed by atoms with van der Waals surface area (Å²) in [4.78, 5) is 159. The summed E-state index contributed by atoms with van der Waals surface area (Å²) in [6, 6.07) is 12.8. The number of rotatable bonds is 23. The molecule has 6 saturated carbocycles. The summed E-state index contributed by atoms with van der Waals surface area (Å²) in [5, 5.41) is 11.3. The van der Waals surface area contributed by atoms with Crippen LogP contribution >= 0.6 is 12.4 Å². The summed E-state index contributed by atoms with van der Waals surface area (Å²) < 4.78 is 11.0. The molecule has 8 amide bonds. The summed E-state index contributed by atoms with van der Waals surface area (Å²) >= 11 is 0. The summed E-state index contributed by atoms with van der Waals surface area (Å²) in [6.45, 7) is 20.5. The lowest BCUT2D eigenvalue weighted by molar-refractivity contribution is -0.154. The number of aliphatic imine (C=N–C) groups is 1. The third-order valence-electron chi connectivity index (χ3n) is 21.6. The lowest BCUT2D eigenvalue weighted by atomic mass is 9.81. The number of carbonyl (C=O) groups excluding carboxylic acids is 12. The summed E-state index contributed by atoms with van der Waals surface area (Å²) in [7, 11) is 0. The molecule has 2 aliphatic heterocycles. The maximum atomic E-state index is 14.4. The molecule has 24 nitrogen and oxygen atoms in total. The number of amides is 8. The molecule has 2 aromatic rings. The quantitative estimate of drug-likeness (QED) is 0.0276. The second-order valence-electron chi connectivity index (χ2n) is 31.5. The van der Waals surface area contributed by atoms with Crippen LogP contribution in [0.2, 0.25) is 0 Å². The number of nitrogens with zero attached hydrogens (tertiary/aromatic N) is 3. The van der Waals surface area contributed by atoms with E-state index in [1.165, 1.54) is 11.0 Å². The van der Waals surface area contributed by atoms with Crippen molar-refractivity contribution in [1.82, 2.24) is 31.1 Å². The van der Waals surface area contributed by atoms with Gasteiger partial charge in [-0.15, -0.1) is 12.4 Å². The van der Waals surface area contributed by atoms with Gasteiger partial charge in [0.2, 0.25) is 41.3 Å². The minimum atomic E-state index is -1.23. The Morgan fingerprint density at radius 3 is 1.36 bits per heavy atom. The number of Topliss-reactive ketones (excluding diaryl/α,β-unsaturated/α-hetero) is 2. The van der Waals surface area contributed by atoms with Gasteiger partial charge in [-0.25, -0.2) is 19.2 Å². The molecule has 97 heavy (non-hydrogen) atoms. The first-order chi connectivity index (χ1) is 45.1. The van der Waals surface area contributed by atoms with Gasteiger partial charge in [-0.1, -0.05) is 194 Å². The second-order valence-corrected chi connectivity index (χ2v) is 31.5. The van der Waals surface area contributed by atoms with Crippen LogP contribution in [0.1, 0.15) is 183 Å². The van der Waals surface area contributed by atoms with Gasteiger partial charge in [0.15, 0.2) is 5.54 Å². The molecule has 0 aromatic heterocycles. The molecule has 2 heterocycles. The Balaban J connectivity index is 0.000000228. The Morgan fingerprint density at radius 1 is 0.577 bits per heavy atom. The van der Waals surface area contributed by atoms with Crippen molar-refractivity contribution in [2.45, 2.75) is 233 Å². The molecule has 8 aliphatic rings. The van der Waals surface area contributed by atoms with Gasteiger partial charge in [-0.3, -0.25) is 38.4 Å². The monoisotopic (exact) mass is 1370 g/mol. The highest BCUT2D eigenvalue weighted by molar-refractivity contribution is 6.38. The maximum Gasteiger partial charge on any atom is 0.335 e. The average molecular weight is 1370 g/mol. The van der Waals surface area contributed by atoms with E-state index < -0.39 is 117 Å². The first kappa shape index (κ1) is 76.8. The normalized spacial score (nSPS) is 24.6. The van der Waals surface area contributed by atoms with Crippen LogP contribution < -0.4 is 38.5 Å². The van der Waals surface area contributed by atoms with Crippen LogP contribution in [-0.4, -0.2) is 141 Å². The summed E-state index contributed by atoms with van der Waals surface area (Å²) in [5.41, 5.74) is 14.8. The maximum absolute atomic E-state index is 14.4. The zero-order valence-electron chi connectivity index (χ0n) is 58.0. The predicted molar refractivity (Wildman–Crippen MR) is 361 cm³/mol. The van der Waals surface area contributed by atoms with Crippen LogP contribution in [0, 0.1) is 57.2 Å². The zero-order chi connectivity index (χ0) is 70.5. The molecule has 2 unspecified atom stereocenters. The van der Waals surface area contributed by atoms with E-state index in [2.05, 4.69) is 40.1 Å².